The van der Waals surface area contributed by atoms with Crippen LogP contribution >= 0.6 is 11.8 Å². The van der Waals surface area contributed by atoms with E-state index in [1.54, 1.807) is 23.9 Å². The van der Waals surface area contributed by atoms with E-state index in [0.29, 0.717) is 11.3 Å². The number of rotatable bonds is 7. The van der Waals surface area contributed by atoms with Crippen LogP contribution in [0.15, 0.2) is 29.2 Å². The second-order valence-corrected chi connectivity index (χ2v) is 7.24. The molecule has 0 saturated heterocycles. The smallest absolute Gasteiger partial charge is 0.124 e. The fraction of sp³-hybridized carbons (Fsp3) is 0.600. The quantitative estimate of drug-likeness (QED) is 0.754. The summed E-state index contributed by atoms with van der Waals surface area (Å²) in [5, 5.41) is 13.4. The van der Waals surface area contributed by atoms with Crippen molar-refractivity contribution in [3.63, 3.8) is 0 Å². The van der Waals surface area contributed by atoms with Gasteiger partial charge in [-0.1, -0.05) is 13.0 Å². The third kappa shape index (κ3) is 4.79. The van der Waals surface area contributed by atoms with Crippen LogP contribution in [0.3, 0.4) is 0 Å². The first kappa shape index (κ1) is 14.8. The summed E-state index contributed by atoms with van der Waals surface area (Å²) in [5.74, 6) is -0.196. The largest absolute Gasteiger partial charge is 0.394 e. The maximum Gasteiger partial charge on any atom is 0.124 e. The second-order valence-electron chi connectivity index (χ2n) is 5.73. The van der Waals surface area contributed by atoms with Crippen LogP contribution in [0.4, 0.5) is 4.39 Å². The number of hydrogen-bond acceptors (Lipinski definition) is 3. The van der Waals surface area contributed by atoms with E-state index in [4.69, 9.17) is 0 Å². The summed E-state index contributed by atoms with van der Waals surface area (Å²) in [7, 11) is 0. The Balaban J connectivity index is 1.89. The first-order chi connectivity index (χ1) is 9.00. The van der Waals surface area contributed by atoms with Crippen LogP contribution in [-0.2, 0) is 0 Å². The molecule has 0 aliphatic heterocycles. The zero-order chi connectivity index (χ0) is 13.9. The molecule has 4 heteroatoms. The van der Waals surface area contributed by atoms with Crippen LogP contribution in [0.5, 0.6) is 0 Å². The second kappa shape index (κ2) is 6.25. The molecule has 0 radical (unpaired) electrons. The van der Waals surface area contributed by atoms with Crippen molar-refractivity contribution in [3.05, 3.63) is 30.1 Å². The Morgan fingerprint density at radius 2 is 2.26 bits per heavy atom. The molecule has 19 heavy (non-hydrogen) atoms. The summed E-state index contributed by atoms with van der Waals surface area (Å²) in [6, 6.07) is 7.25. The third-order valence-corrected chi connectivity index (χ3v) is 4.45. The molecule has 1 aliphatic rings. The van der Waals surface area contributed by atoms with Crippen molar-refractivity contribution >= 4 is 11.8 Å². The minimum atomic E-state index is -0.235. The zero-order valence-electron chi connectivity index (χ0n) is 11.5. The van der Waals surface area contributed by atoms with Gasteiger partial charge in [-0.2, -0.15) is 0 Å². The van der Waals surface area contributed by atoms with E-state index in [-0.39, 0.29) is 18.0 Å². The lowest BCUT2D eigenvalue weighted by atomic mass is 9.97. The van der Waals surface area contributed by atoms with Gasteiger partial charge >= 0.3 is 0 Å². The van der Waals surface area contributed by atoms with Crippen LogP contribution in [0.25, 0.3) is 0 Å². The lowest BCUT2D eigenvalue weighted by Gasteiger charge is -2.31. The van der Waals surface area contributed by atoms with Crippen LogP contribution in [0.1, 0.15) is 33.1 Å². The third-order valence-electron chi connectivity index (χ3n) is 3.35. The highest BCUT2D eigenvalue weighted by Crippen LogP contribution is 2.31. The van der Waals surface area contributed by atoms with Gasteiger partial charge in [0.25, 0.3) is 0 Å². The van der Waals surface area contributed by atoms with Crippen molar-refractivity contribution in [2.75, 3.05) is 6.61 Å². The molecule has 0 bridgehead atoms. The summed E-state index contributed by atoms with van der Waals surface area (Å²) in [6.45, 7) is 4.32. The molecule has 2 nitrogen and oxygen atoms in total. The van der Waals surface area contributed by atoms with Gasteiger partial charge in [0, 0.05) is 21.7 Å². The van der Waals surface area contributed by atoms with Gasteiger partial charge in [-0.05, 0) is 44.4 Å². The zero-order valence-corrected chi connectivity index (χ0v) is 12.3. The molecule has 106 valence electrons. The molecule has 1 aliphatic carbocycles. The maximum atomic E-state index is 13.1. The van der Waals surface area contributed by atoms with Crippen molar-refractivity contribution in [1.29, 1.82) is 0 Å². The molecule has 0 heterocycles. The fourth-order valence-electron chi connectivity index (χ4n) is 2.34. The molecular formula is C15H22FNOS. The van der Waals surface area contributed by atoms with Crippen LogP contribution in [0, 0.1) is 5.82 Å². The Labute approximate surface area is 118 Å². The highest BCUT2D eigenvalue weighted by Gasteiger charge is 2.33. The number of halogens is 1. The molecule has 1 saturated carbocycles. The number of benzene rings is 1. The minimum Gasteiger partial charge on any atom is -0.394 e. The highest BCUT2D eigenvalue weighted by molar-refractivity contribution is 7.99. The molecule has 2 rings (SSSR count). The van der Waals surface area contributed by atoms with Crippen molar-refractivity contribution in [1.82, 2.24) is 5.32 Å². The Hall–Kier alpha value is -0.580. The number of aliphatic hydroxyl groups is 1. The Bertz CT molecular complexity index is 424. The molecule has 0 aromatic heterocycles. The number of thioether (sulfide) groups is 1. The van der Waals surface area contributed by atoms with Crippen molar-refractivity contribution in [2.45, 2.75) is 54.8 Å². The van der Waals surface area contributed by atoms with Gasteiger partial charge in [0.05, 0.1) is 6.61 Å². The summed E-state index contributed by atoms with van der Waals surface area (Å²) in [6.07, 6.45) is 3.28. The molecule has 1 aromatic rings. The first-order valence-electron chi connectivity index (χ1n) is 6.81. The maximum absolute atomic E-state index is 13.1. The molecule has 1 aromatic carbocycles. The standard InChI is InChI=1S/C15H22FNOS/c1-11(19-14-5-3-4-12(16)8-14)9-15(2,10-18)17-13-6-7-13/h3-5,8,11,13,17-18H,6-7,9-10H2,1-2H3. The molecule has 2 N–H and O–H groups in total. The molecule has 2 unspecified atom stereocenters. The number of aliphatic hydroxyl groups excluding tert-OH is 1. The SMILES string of the molecule is CC(CC(C)(CO)NC1CC1)Sc1cccc(F)c1. The van der Waals surface area contributed by atoms with Gasteiger partial charge in [0.2, 0.25) is 0 Å². The van der Waals surface area contributed by atoms with Gasteiger partial charge in [-0.25, -0.2) is 4.39 Å². The predicted molar refractivity (Wildman–Crippen MR) is 78.0 cm³/mol. The molecule has 1 fully saturated rings. The normalized spacial score (nSPS) is 20.0. The van der Waals surface area contributed by atoms with Crippen molar-refractivity contribution < 1.29 is 9.50 Å². The minimum absolute atomic E-state index is 0.136. The van der Waals surface area contributed by atoms with Gasteiger partial charge in [-0.3, -0.25) is 0 Å². The number of nitrogens with one attached hydrogen (secondary N) is 1. The molecular weight excluding hydrogens is 261 g/mol. The number of hydrogen-bond donors (Lipinski definition) is 2. The topological polar surface area (TPSA) is 32.3 Å². The Kier molecular flexibility index (Phi) is 4.87. The lowest BCUT2D eigenvalue weighted by molar-refractivity contribution is 0.164. The van der Waals surface area contributed by atoms with E-state index < -0.39 is 0 Å². The van der Waals surface area contributed by atoms with E-state index in [2.05, 4.69) is 19.2 Å². The summed E-state index contributed by atoms with van der Waals surface area (Å²) in [5.41, 5.74) is -0.235. The van der Waals surface area contributed by atoms with Crippen molar-refractivity contribution in [2.24, 2.45) is 0 Å². The average Bonchev–Trinajstić information content (AvgIpc) is 3.12. The summed E-state index contributed by atoms with van der Waals surface area (Å²) >= 11 is 1.66. The fourth-order valence-corrected chi connectivity index (χ4v) is 3.59. The summed E-state index contributed by atoms with van der Waals surface area (Å²) in [4.78, 5) is 0.944. The van der Waals surface area contributed by atoms with Gasteiger partial charge in [0.15, 0.2) is 0 Å². The van der Waals surface area contributed by atoms with Gasteiger partial charge < -0.3 is 10.4 Å². The average molecular weight is 283 g/mol. The van der Waals surface area contributed by atoms with Gasteiger partial charge in [0.1, 0.15) is 5.82 Å². The first-order valence-corrected chi connectivity index (χ1v) is 7.69. The predicted octanol–water partition coefficient (Wildman–Crippen LogP) is 3.20. The Morgan fingerprint density at radius 3 is 2.84 bits per heavy atom. The van der Waals surface area contributed by atoms with Crippen LogP contribution in [-0.4, -0.2) is 28.5 Å². The lowest BCUT2D eigenvalue weighted by Crippen LogP contribution is -2.48. The van der Waals surface area contributed by atoms with E-state index in [1.165, 1.54) is 18.9 Å². The van der Waals surface area contributed by atoms with E-state index in [9.17, 15) is 9.50 Å². The van der Waals surface area contributed by atoms with E-state index >= 15 is 0 Å². The Morgan fingerprint density at radius 1 is 1.53 bits per heavy atom. The van der Waals surface area contributed by atoms with E-state index in [1.807, 2.05) is 6.07 Å². The van der Waals surface area contributed by atoms with Crippen LogP contribution < -0.4 is 5.32 Å². The highest BCUT2D eigenvalue weighted by atomic mass is 32.2. The van der Waals surface area contributed by atoms with Crippen molar-refractivity contribution in [3.8, 4) is 0 Å². The molecule has 0 amide bonds. The molecule has 0 spiro atoms. The summed E-state index contributed by atoms with van der Waals surface area (Å²) < 4.78 is 13.1. The van der Waals surface area contributed by atoms with Crippen LogP contribution in [0.2, 0.25) is 0 Å². The molecule has 2 atom stereocenters. The monoisotopic (exact) mass is 283 g/mol. The van der Waals surface area contributed by atoms with Gasteiger partial charge in [-0.15, -0.1) is 11.8 Å². The van der Waals surface area contributed by atoms with E-state index in [0.717, 1.165) is 11.3 Å².